The predicted molar refractivity (Wildman–Crippen MR) is 82.4 cm³/mol. The number of carbonyl (C=O) groups is 1. The van der Waals surface area contributed by atoms with Gasteiger partial charge in [-0.15, -0.1) is 0 Å². The number of rotatable bonds is 4. The van der Waals surface area contributed by atoms with E-state index in [-0.39, 0.29) is 11.9 Å². The van der Waals surface area contributed by atoms with Gasteiger partial charge in [0, 0.05) is 39.2 Å². The van der Waals surface area contributed by atoms with Gasteiger partial charge in [-0.25, -0.2) is 9.97 Å². The number of thioether (sulfide) groups is 1. The van der Waals surface area contributed by atoms with Crippen LogP contribution < -0.4 is 15.5 Å². The van der Waals surface area contributed by atoms with Gasteiger partial charge in [0.05, 0.1) is 0 Å². The maximum absolute atomic E-state index is 11.1. The molecule has 1 aromatic rings. The second-order valence-corrected chi connectivity index (χ2v) is 5.58. The van der Waals surface area contributed by atoms with Crippen LogP contribution in [0, 0.1) is 0 Å². The van der Waals surface area contributed by atoms with Crippen LogP contribution in [0.3, 0.4) is 0 Å². The molecule has 1 saturated heterocycles. The molecular formula is C13H21N5OS. The fourth-order valence-corrected chi connectivity index (χ4v) is 2.71. The average Bonchev–Trinajstić information content (AvgIpc) is 2.46. The zero-order valence-electron chi connectivity index (χ0n) is 12.1. The lowest BCUT2D eigenvalue weighted by molar-refractivity contribution is -0.119. The van der Waals surface area contributed by atoms with E-state index in [0.717, 1.165) is 42.7 Å². The van der Waals surface area contributed by atoms with Crippen molar-refractivity contribution >= 4 is 29.3 Å². The van der Waals surface area contributed by atoms with E-state index < -0.39 is 0 Å². The summed E-state index contributed by atoms with van der Waals surface area (Å²) in [5, 5.41) is 6.83. The lowest BCUT2D eigenvalue weighted by Gasteiger charge is -2.33. The van der Waals surface area contributed by atoms with Crippen LogP contribution in [-0.4, -0.2) is 48.3 Å². The maximum Gasteiger partial charge on any atom is 0.217 e. The molecule has 110 valence electrons. The molecule has 2 heterocycles. The van der Waals surface area contributed by atoms with Crippen molar-refractivity contribution in [2.75, 3.05) is 36.6 Å². The summed E-state index contributed by atoms with van der Waals surface area (Å²) in [5.74, 6) is 1.84. The van der Waals surface area contributed by atoms with Crippen molar-refractivity contribution in [1.29, 1.82) is 0 Å². The third-order valence-electron chi connectivity index (χ3n) is 3.36. The number of nitrogens with one attached hydrogen (secondary N) is 2. The quantitative estimate of drug-likeness (QED) is 0.645. The highest BCUT2D eigenvalue weighted by molar-refractivity contribution is 7.98. The Balaban J connectivity index is 2.04. The first-order chi connectivity index (χ1) is 9.62. The van der Waals surface area contributed by atoms with Crippen molar-refractivity contribution < 1.29 is 4.79 Å². The normalized spacial score (nSPS) is 16.1. The molecule has 0 radical (unpaired) electrons. The van der Waals surface area contributed by atoms with Gasteiger partial charge in [-0.2, -0.15) is 0 Å². The van der Waals surface area contributed by atoms with Crippen molar-refractivity contribution in [2.45, 2.75) is 31.0 Å². The smallest absolute Gasteiger partial charge is 0.217 e. The Kier molecular flexibility index (Phi) is 5.05. The van der Waals surface area contributed by atoms with E-state index in [1.807, 2.05) is 19.4 Å². The van der Waals surface area contributed by atoms with E-state index in [9.17, 15) is 4.79 Å². The van der Waals surface area contributed by atoms with Crippen LogP contribution in [0.25, 0.3) is 0 Å². The fourth-order valence-electron chi connectivity index (χ4n) is 2.33. The van der Waals surface area contributed by atoms with Crippen LogP contribution in [0.1, 0.15) is 19.8 Å². The number of anilines is 2. The molecule has 0 saturated carbocycles. The topological polar surface area (TPSA) is 70.2 Å². The van der Waals surface area contributed by atoms with E-state index in [2.05, 4.69) is 25.5 Å². The summed E-state index contributed by atoms with van der Waals surface area (Å²) in [6, 6.07) is 2.26. The molecule has 1 aliphatic heterocycles. The Morgan fingerprint density at radius 1 is 1.40 bits per heavy atom. The molecule has 20 heavy (non-hydrogen) atoms. The minimum atomic E-state index is 0.0487. The molecule has 0 atom stereocenters. The summed E-state index contributed by atoms with van der Waals surface area (Å²) in [4.78, 5) is 22.3. The van der Waals surface area contributed by atoms with Gasteiger partial charge in [0.1, 0.15) is 11.6 Å². The number of amides is 1. The molecule has 0 unspecified atom stereocenters. The molecule has 1 amide bonds. The van der Waals surface area contributed by atoms with Crippen molar-refractivity contribution in [3.05, 3.63) is 6.07 Å². The summed E-state index contributed by atoms with van der Waals surface area (Å²) in [6.07, 6.45) is 3.88. The maximum atomic E-state index is 11.1. The Hall–Kier alpha value is -1.50. The van der Waals surface area contributed by atoms with Crippen molar-refractivity contribution in [1.82, 2.24) is 15.3 Å². The molecule has 2 rings (SSSR count). The van der Waals surface area contributed by atoms with Gasteiger partial charge in [-0.3, -0.25) is 4.79 Å². The average molecular weight is 295 g/mol. The molecule has 0 bridgehead atoms. The summed E-state index contributed by atoms with van der Waals surface area (Å²) in [7, 11) is 1.86. The molecule has 1 aromatic heterocycles. The fraction of sp³-hybridized carbons (Fsp3) is 0.615. The number of nitrogens with zero attached hydrogens (tertiary/aromatic N) is 3. The largest absolute Gasteiger partial charge is 0.373 e. The zero-order valence-corrected chi connectivity index (χ0v) is 13.0. The second-order valence-electron chi connectivity index (χ2n) is 4.81. The second kappa shape index (κ2) is 6.78. The van der Waals surface area contributed by atoms with Crippen molar-refractivity contribution in [2.24, 2.45) is 0 Å². The van der Waals surface area contributed by atoms with Crippen LogP contribution in [-0.2, 0) is 4.79 Å². The van der Waals surface area contributed by atoms with Crippen LogP contribution in [0.4, 0.5) is 11.6 Å². The van der Waals surface area contributed by atoms with Gasteiger partial charge >= 0.3 is 0 Å². The monoisotopic (exact) mass is 295 g/mol. The zero-order chi connectivity index (χ0) is 14.5. The van der Waals surface area contributed by atoms with Gasteiger partial charge in [0.2, 0.25) is 5.91 Å². The van der Waals surface area contributed by atoms with E-state index in [0.29, 0.717) is 0 Å². The lowest BCUT2D eigenvalue weighted by atomic mass is 10.1. The molecule has 1 fully saturated rings. The highest BCUT2D eigenvalue weighted by Crippen LogP contribution is 2.23. The number of carbonyl (C=O) groups excluding carboxylic acids is 1. The van der Waals surface area contributed by atoms with Gasteiger partial charge in [0.15, 0.2) is 5.16 Å². The molecule has 2 N–H and O–H groups in total. The highest BCUT2D eigenvalue weighted by atomic mass is 32.2. The first-order valence-electron chi connectivity index (χ1n) is 6.75. The Bertz CT molecular complexity index is 452. The SMILES string of the molecule is CNc1cc(N2CCC(NC(C)=O)CC2)nc(SC)n1. The number of piperidine rings is 1. The van der Waals surface area contributed by atoms with E-state index >= 15 is 0 Å². The standard InChI is InChI=1S/C13H21N5OS/c1-9(19)15-10-4-6-18(7-5-10)12-8-11(14-2)16-13(17-12)20-3/h8,10H,4-7H2,1-3H3,(H,15,19)(H,14,16,17). The third-order valence-corrected chi connectivity index (χ3v) is 3.90. The Morgan fingerprint density at radius 3 is 2.65 bits per heavy atom. The molecule has 0 aliphatic carbocycles. The van der Waals surface area contributed by atoms with Crippen LogP contribution in [0.15, 0.2) is 11.2 Å². The van der Waals surface area contributed by atoms with Gasteiger partial charge in [0.25, 0.3) is 0 Å². The summed E-state index contributed by atoms with van der Waals surface area (Å²) in [5.41, 5.74) is 0. The first kappa shape index (κ1) is 14.9. The van der Waals surface area contributed by atoms with Crippen molar-refractivity contribution in [3.63, 3.8) is 0 Å². The van der Waals surface area contributed by atoms with Crippen LogP contribution in [0.5, 0.6) is 0 Å². The van der Waals surface area contributed by atoms with Crippen molar-refractivity contribution in [3.8, 4) is 0 Å². The minimum absolute atomic E-state index is 0.0487. The van der Waals surface area contributed by atoms with E-state index in [1.165, 1.54) is 11.8 Å². The summed E-state index contributed by atoms with van der Waals surface area (Å²) in [6.45, 7) is 3.37. The van der Waals surface area contributed by atoms with Gasteiger partial charge < -0.3 is 15.5 Å². The summed E-state index contributed by atoms with van der Waals surface area (Å²) < 4.78 is 0. The number of aromatic nitrogens is 2. The predicted octanol–water partition coefficient (Wildman–Crippen LogP) is 1.35. The molecule has 7 heteroatoms. The molecule has 1 aliphatic rings. The third kappa shape index (κ3) is 3.75. The summed E-state index contributed by atoms with van der Waals surface area (Å²) >= 11 is 1.54. The number of hydrogen-bond acceptors (Lipinski definition) is 6. The Labute approximate surface area is 123 Å². The van der Waals surface area contributed by atoms with Crippen LogP contribution >= 0.6 is 11.8 Å². The number of hydrogen-bond donors (Lipinski definition) is 2. The molecular weight excluding hydrogens is 274 g/mol. The molecule has 6 nitrogen and oxygen atoms in total. The minimum Gasteiger partial charge on any atom is -0.373 e. The molecule has 0 spiro atoms. The van der Waals surface area contributed by atoms with Gasteiger partial charge in [-0.05, 0) is 19.1 Å². The highest BCUT2D eigenvalue weighted by Gasteiger charge is 2.21. The molecule has 0 aromatic carbocycles. The Morgan fingerprint density at radius 2 is 2.10 bits per heavy atom. The van der Waals surface area contributed by atoms with E-state index in [1.54, 1.807) is 6.92 Å². The van der Waals surface area contributed by atoms with Crippen LogP contribution in [0.2, 0.25) is 0 Å². The van der Waals surface area contributed by atoms with Gasteiger partial charge in [-0.1, -0.05) is 11.8 Å². The van der Waals surface area contributed by atoms with E-state index in [4.69, 9.17) is 0 Å². The lowest BCUT2D eigenvalue weighted by Crippen LogP contribution is -2.44. The first-order valence-corrected chi connectivity index (χ1v) is 7.97.